The van der Waals surface area contributed by atoms with Crippen molar-refractivity contribution < 1.29 is 35.9 Å². The van der Waals surface area contributed by atoms with E-state index in [0.717, 1.165) is 6.07 Å². The van der Waals surface area contributed by atoms with Crippen molar-refractivity contribution in [1.82, 2.24) is 14.7 Å². The Balaban J connectivity index is 0.00000423. The summed E-state index contributed by atoms with van der Waals surface area (Å²) >= 11 is 0. The van der Waals surface area contributed by atoms with Crippen LogP contribution in [0.5, 0.6) is 5.75 Å². The van der Waals surface area contributed by atoms with Crippen LogP contribution in [0.3, 0.4) is 0 Å². The molecule has 1 aliphatic rings. The predicted molar refractivity (Wildman–Crippen MR) is 151 cm³/mol. The van der Waals surface area contributed by atoms with Crippen LogP contribution in [0.4, 0.5) is 37.7 Å². The van der Waals surface area contributed by atoms with Gasteiger partial charge in [0.1, 0.15) is 34.5 Å². The van der Waals surface area contributed by atoms with Gasteiger partial charge in [-0.1, -0.05) is 13.0 Å². The van der Waals surface area contributed by atoms with Gasteiger partial charge in [-0.2, -0.15) is 0 Å². The lowest BCUT2D eigenvalue weighted by Crippen LogP contribution is -2.52. The molecule has 1 fully saturated rings. The number of imidazole rings is 1. The van der Waals surface area contributed by atoms with Crippen molar-refractivity contribution in [3.8, 4) is 5.75 Å². The molecular formula is C29H28ClF6N5O2. The van der Waals surface area contributed by atoms with Crippen LogP contribution in [0.25, 0.3) is 5.65 Å². The number of piperazine rings is 1. The first-order valence-corrected chi connectivity index (χ1v) is 13.2. The van der Waals surface area contributed by atoms with E-state index in [2.05, 4.69) is 15.0 Å². The summed E-state index contributed by atoms with van der Waals surface area (Å²) in [5, 5.41) is 2.77. The van der Waals surface area contributed by atoms with E-state index in [1.165, 1.54) is 34.9 Å². The lowest BCUT2D eigenvalue weighted by Gasteiger charge is -2.42. The summed E-state index contributed by atoms with van der Waals surface area (Å²) in [4.78, 5) is 20.8. The van der Waals surface area contributed by atoms with E-state index in [9.17, 15) is 26.7 Å². The number of fused-ring (bicyclic) bond motifs is 1. The van der Waals surface area contributed by atoms with Gasteiger partial charge in [-0.05, 0) is 49.2 Å². The number of anilines is 2. The highest BCUT2D eigenvalue weighted by atomic mass is 35.5. The van der Waals surface area contributed by atoms with Gasteiger partial charge in [-0.3, -0.25) is 9.20 Å². The molecule has 2 aromatic carbocycles. The highest BCUT2D eigenvalue weighted by Gasteiger charge is 2.32. The fourth-order valence-corrected chi connectivity index (χ4v) is 5.19. The molecule has 1 saturated heterocycles. The summed E-state index contributed by atoms with van der Waals surface area (Å²) in [6, 6.07) is 9.81. The third kappa shape index (κ3) is 6.93. The molecule has 3 heterocycles. The number of nitrogens with one attached hydrogen (secondary N) is 1. The van der Waals surface area contributed by atoms with Gasteiger partial charge >= 0.3 is 6.36 Å². The first-order valence-electron chi connectivity index (χ1n) is 13.2. The number of ether oxygens (including phenoxy) is 1. The molecule has 230 valence electrons. The molecule has 0 spiro atoms. The van der Waals surface area contributed by atoms with Gasteiger partial charge in [0.25, 0.3) is 5.91 Å². The van der Waals surface area contributed by atoms with Gasteiger partial charge in [0, 0.05) is 50.6 Å². The van der Waals surface area contributed by atoms with Crippen molar-refractivity contribution in [2.24, 2.45) is 0 Å². The summed E-state index contributed by atoms with van der Waals surface area (Å²) in [5.74, 6) is -2.88. The molecule has 14 heteroatoms. The van der Waals surface area contributed by atoms with E-state index in [1.54, 1.807) is 17.0 Å². The molecular weight excluding hydrogens is 600 g/mol. The molecule has 7 nitrogen and oxygen atoms in total. The monoisotopic (exact) mass is 627 g/mol. The number of benzene rings is 2. The first kappa shape index (κ1) is 31.8. The molecule has 1 aliphatic heterocycles. The minimum Gasteiger partial charge on any atom is -0.406 e. The lowest BCUT2D eigenvalue weighted by atomic mass is 10.1. The highest BCUT2D eigenvalue weighted by molar-refractivity contribution is 5.94. The first-order chi connectivity index (χ1) is 19.9. The predicted octanol–water partition coefficient (Wildman–Crippen LogP) is 6.28. The Kier molecular flexibility index (Phi) is 9.33. The molecule has 0 radical (unpaired) electrons. The van der Waals surface area contributed by atoms with Gasteiger partial charge < -0.3 is 19.9 Å². The third-order valence-corrected chi connectivity index (χ3v) is 7.11. The maximum atomic E-state index is 15.2. The maximum Gasteiger partial charge on any atom is 0.573 e. The average molecular weight is 628 g/mol. The number of amides is 1. The molecule has 1 amide bonds. The van der Waals surface area contributed by atoms with Gasteiger partial charge in [-0.15, -0.1) is 25.6 Å². The van der Waals surface area contributed by atoms with Crippen LogP contribution in [0.2, 0.25) is 0 Å². The van der Waals surface area contributed by atoms with Crippen molar-refractivity contribution in [1.29, 1.82) is 0 Å². The van der Waals surface area contributed by atoms with Crippen LogP contribution in [-0.2, 0) is 13.0 Å². The molecule has 0 unspecified atom stereocenters. The summed E-state index contributed by atoms with van der Waals surface area (Å²) in [7, 11) is 0. The van der Waals surface area contributed by atoms with Crippen LogP contribution < -0.4 is 19.9 Å². The fraction of sp³-hybridized carbons (Fsp3) is 0.310. The van der Waals surface area contributed by atoms with E-state index in [4.69, 9.17) is 0 Å². The van der Waals surface area contributed by atoms with Crippen LogP contribution in [0, 0.1) is 17.5 Å². The van der Waals surface area contributed by atoms with Crippen molar-refractivity contribution in [3.63, 3.8) is 0 Å². The molecule has 0 saturated carbocycles. The zero-order chi connectivity index (χ0) is 30.2. The second-order valence-electron chi connectivity index (χ2n) is 9.95. The van der Waals surface area contributed by atoms with Gasteiger partial charge in [-0.25, -0.2) is 18.2 Å². The molecule has 0 bridgehead atoms. The summed E-state index contributed by atoms with van der Waals surface area (Å²) < 4.78 is 86.1. The molecule has 0 aliphatic carbocycles. The molecule has 5 rings (SSSR count). The standard InChI is InChI=1S/C29H27F6N5O2.ClH/c1-3-23-27(40-9-8-19(30)13-26(40)37-23)28(41)36-15-18-4-6-24(21(31)12-18)38-10-11-39(17(2)16-38)25-7-5-20(14-22(25)32)42-29(33,34)35;/h4-9,12-14,17H,3,10-11,15-16H2,1-2H3,(H,36,41);1H/t17-;/m0./s1. The molecule has 2 aromatic heterocycles. The maximum absolute atomic E-state index is 15.2. The van der Waals surface area contributed by atoms with Crippen LogP contribution >= 0.6 is 12.4 Å². The normalized spacial score (nSPS) is 15.4. The second-order valence-corrected chi connectivity index (χ2v) is 9.95. The van der Waals surface area contributed by atoms with E-state index in [1.807, 2.05) is 18.7 Å². The summed E-state index contributed by atoms with van der Waals surface area (Å²) in [6.45, 7) is 4.67. The van der Waals surface area contributed by atoms with Gasteiger partial charge in [0.2, 0.25) is 0 Å². The number of aryl methyl sites for hydroxylation is 1. The Bertz CT molecular complexity index is 1630. The van der Waals surface area contributed by atoms with Crippen molar-refractivity contribution in [2.45, 2.75) is 39.2 Å². The molecule has 43 heavy (non-hydrogen) atoms. The third-order valence-electron chi connectivity index (χ3n) is 7.11. The highest BCUT2D eigenvalue weighted by Crippen LogP contribution is 2.31. The fourth-order valence-electron chi connectivity index (χ4n) is 5.19. The minimum atomic E-state index is -4.92. The summed E-state index contributed by atoms with van der Waals surface area (Å²) in [5.41, 5.74) is 2.11. The smallest absolute Gasteiger partial charge is 0.406 e. The lowest BCUT2D eigenvalue weighted by molar-refractivity contribution is -0.274. The molecule has 1 atom stereocenters. The Morgan fingerprint density at radius 2 is 1.74 bits per heavy atom. The summed E-state index contributed by atoms with van der Waals surface area (Å²) in [6.07, 6.45) is -3.02. The van der Waals surface area contributed by atoms with Crippen LogP contribution in [-0.4, -0.2) is 47.3 Å². The van der Waals surface area contributed by atoms with Crippen LogP contribution in [0.1, 0.15) is 35.6 Å². The van der Waals surface area contributed by atoms with Crippen molar-refractivity contribution in [3.05, 3.63) is 89.1 Å². The van der Waals surface area contributed by atoms with E-state index in [0.29, 0.717) is 54.7 Å². The van der Waals surface area contributed by atoms with Crippen molar-refractivity contribution >= 4 is 35.3 Å². The van der Waals surface area contributed by atoms with E-state index >= 15 is 4.39 Å². The number of hydrogen-bond donors (Lipinski definition) is 1. The van der Waals surface area contributed by atoms with Gasteiger partial charge in [0.05, 0.1) is 17.1 Å². The number of carbonyl (C=O) groups is 1. The zero-order valence-electron chi connectivity index (χ0n) is 23.1. The number of nitrogens with zero attached hydrogens (tertiary/aromatic N) is 4. The topological polar surface area (TPSA) is 62.1 Å². The van der Waals surface area contributed by atoms with Crippen molar-refractivity contribution in [2.75, 3.05) is 29.4 Å². The quantitative estimate of drug-likeness (QED) is 0.245. The number of hydrogen-bond acceptors (Lipinski definition) is 5. The SMILES string of the molecule is CCc1nc2cc(F)ccn2c1C(=O)NCc1ccc(N2CCN(c3ccc(OC(F)(F)F)cc3F)[C@@H](C)C2)c(F)c1.Cl. The van der Waals surface area contributed by atoms with E-state index in [-0.39, 0.29) is 36.4 Å². The van der Waals surface area contributed by atoms with Crippen LogP contribution in [0.15, 0.2) is 54.7 Å². The zero-order valence-corrected chi connectivity index (χ0v) is 23.9. The molecule has 4 aromatic rings. The minimum absolute atomic E-state index is 0. The molecule has 1 N–H and O–H groups in total. The Morgan fingerprint density at radius 1 is 1.02 bits per heavy atom. The number of rotatable bonds is 7. The largest absolute Gasteiger partial charge is 0.573 e. The number of carbonyl (C=O) groups excluding carboxylic acids is 1. The van der Waals surface area contributed by atoms with E-state index < -0.39 is 35.5 Å². The Hall–Kier alpha value is -4.13. The Labute approximate surface area is 249 Å². The second kappa shape index (κ2) is 12.6. The Morgan fingerprint density at radius 3 is 2.40 bits per heavy atom. The number of aromatic nitrogens is 2. The van der Waals surface area contributed by atoms with Gasteiger partial charge in [0.15, 0.2) is 0 Å². The number of halogens is 7. The number of pyridine rings is 1. The number of alkyl halides is 3. The average Bonchev–Trinajstić information content (AvgIpc) is 3.29.